The summed E-state index contributed by atoms with van der Waals surface area (Å²) in [6.07, 6.45) is 3.97. The Labute approximate surface area is 165 Å². The molecule has 2 atom stereocenters. The predicted molar refractivity (Wildman–Crippen MR) is 114 cm³/mol. The fourth-order valence-corrected chi connectivity index (χ4v) is 4.35. The molecule has 2 unspecified atom stereocenters. The number of benzene rings is 1. The Kier molecular flexibility index (Phi) is 4.70. The quantitative estimate of drug-likeness (QED) is 0.669. The van der Waals surface area contributed by atoms with E-state index < -0.39 is 0 Å². The topological polar surface area (TPSA) is 33.1 Å². The molecule has 0 saturated carbocycles. The summed E-state index contributed by atoms with van der Waals surface area (Å²) >= 11 is 5.79. The molecule has 2 aromatic heterocycles. The Morgan fingerprint density at radius 3 is 2.52 bits per heavy atom. The minimum Gasteiger partial charge on any atom is -0.351 e. The normalized spacial score (nSPS) is 19.4. The van der Waals surface area contributed by atoms with Crippen molar-refractivity contribution in [1.29, 1.82) is 0 Å². The van der Waals surface area contributed by atoms with Gasteiger partial charge in [-0.1, -0.05) is 12.1 Å². The van der Waals surface area contributed by atoms with Crippen LogP contribution in [0.2, 0.25) is 0 Å². The van der Waals surface area contributed by atoms with Crippen LogP contribution in [-0.2, 0) is 6.54 Å². The number of rotatable bonds is 4. The zero-order valence-corrected chi connectivity index (χ0v) is 16.7. The van der Waals surface area contributed by atoms with Gasteiger partial charge in [0.25, 0.3) is 0 Å². The molecule has 3 heterocycles. The first-order chi connectivity index (χ1) is 13.1. The first kappa shape index (κ1) is 17.7. The molecule has 0 bridgehead atoms. The van der Waals surface area contributed by atoms with Crippen molar-refractivity contribution >= 4 is 23.0 Å². The minimum atomic E-state index is -0.000261. The van der Waals surface area contributed by atoms with Crippen LogP contribution in [0.25, 0.3) is 0 Å². The van der Waals surface area contributed by atoms with Crippen molar-refractivity contribution in [1.82, 2.24) is 14.9 Å². The smallest absolute Gasteiger partial charge is 0.174 e. The summed E-state index contributed by atoms with van der Waals surface area (Å²) in [7, 11) is 0. The molecule has 1 aliphatic rings. The van der Waals surface area contributed by atoms with E-state index in [2.05, 4.69) is 83.1 Å². The first-order valence-electron chi connectivity index (χ1n) is 9.32. The number of anilines is 1. The molecule has 0 spiro atoms. The summed E-state index contributed by atoms with van der Waals surface area (Å²) in [4.78, 5) is 6.86. The number of hydrogen-bond donors (Lipinski definition) is 1. The van der Waals surface area contributed by atoms with Crippen LogP contribution in [0.15, 0.2) is 60.9 Å². The minimum absolute atomic E-state index is 0.000261. The molecule has 1 N–H and O–H groups in total. The van der Waals surface area contributed by atoms with Crippen LogP contribution in [-0.4, -0.2) is 14.7 Å². The standard InChI is InChI=1S/C22H24N4S/c1-4-25-11-7-9-19(25)21-20(18-8-5-6-10-23-18)24-22(27)26(21)17-13-15(2)12-16(3)14-17/h5-14,20-21H,4H2,1-3H3,(H,24,27). The number of thiocarbonyl (C=S) groups is 1. The van der Waals surface area contributed by atoms with Crippen LogP contribution in [0, 0.1) is 13.8 Å². The van der Waals surface area contributed by atoms with Crippen molar-refractivity contribution in [2.24, 2.45) is 0 Å². The van der Waals surface area contributed by atoms with Gasteiger partial charge in [-0.2, -0.15) is 0 Å². The molecule has 1 saturated heterocycles. The highest BCUT2D eigenvalue weighted by Gasteiger charge is 2.41. The van der Waals surface area contributed by atoms with Gasteiger partial charge in [-0.25, -0.2) is 0 Å². The average molecular weight is 377 g/mol. The second-order valence-electron chi connectivity index (χ2n) is 7.06. The largest absolute Gasteiger partial charge is 0.351 e. The maximum absolute atomic E-state index is 5.79. The maximum atomic E-state index is 5.79. The molecule has 4 nitrogen and oxygen atoms in total. The fraction of sp³-hybridized carbons (Fsp3) is 0.273. The zero-order valence-electron chi connectivity index (χ0n) is 15.9. The molecule has 4 rings (SSSR count). The second-order valence-corrected chi connectivity index (χ2v) is 7.45. The summed E-state index contributed by atoms with van der Waals surface area (Å²) < 4.78 is 2.28. The van der Waals surface area contributed by atoms with E-state index >= 15 is 0 Å². The van der Waals surface area contributed by atoms with E-state index in [-0.39, 0.29) is 12.1 Å². The van der Waals surface area contributed by atoms with E-state index in [0.29, 0.717) is 0 Å². The highest BCUT2D eigenvalue weighted by molar-refractivity contribution is 7.80. The molecule has 138 valence electrons. The van der Waals surface area contributed by atoms with E-state index in [1.54, 1.807) is 0 Å². The summed E-state index contributed by atoms with van der Waals surface area (Å²) in [6, 6.07) is 17.0. The Bertz CT molecular complexity index is 943. The first-order valence-corrected chi connectivity index (χ1v) is 9.73. The third-order valence-electron chi connectivity index (χ3n) is 5.09. The highest BCUT2D eigenvalue weighted by Crippen LogP contribution is 2.41. The Balaban J connectivity index is 1.87. The number of aryl methyl sites for hydroxylation is 3. The SMILES string of the molecule is CCn1cccc1C1C(c2ccccn2)NC(=S)N1c1cc(C)cc(C)c1. The third kappa shape index (κ3) is 3.23. The van der Waals surface area contributed by atoms with Gasteiger partial charge in [-0.05, 0) is 80.5 Å². The molecule has 0 radical (unpaired) electrons. The van der Waals surface area contributed by atoms with Crippen molar-refractivity contribution in [3.63, 3.8) is 0 Å². The van der Waals surface area contributed by atoms with Gasteiger partial charge in [0.2, 0.25) is 0 Å². The van der Waals surface area contributed by atoms with Gasteiger partial charge in [0.15, 0.2) is 5.11 Å². The van der Waals surface area contributed by atoms with E-state index in [4.69, 9.17) is 12.2 Å². The van der Waals surface area contributed by atoms with Crippen molar-refractivity contribution < 1.29 is 0 Å². The van der Waals surface area contributed by atoms with Crippen molar-refractivity contribution in [3.8, 4) is 0 Å². The number of nitrogens with one attached hydrogen (secondary N) is 1. The lowest BCUT2D eigenvalue weighted by Gasteiger charge is -2.29. The molecule has 1 fully saturated rings. The van der Waals surface area contributed by atoms with Crippen LogP contribution in [0.1, 0.15) is 41.5 Å². The Morgan fingerprint density at radius 2 is 1.85 bits per heavy atom. The lowest BCUT2D eigenvalue weighted by molar-refractivity contribution is 0.529. The number of aromatic nitrogens is 2. The molecule has 27 heavy (non-hydrogen) atoms. The van der Waals surface area contributed by atoms with Gasteiger partial charge in [0.1, 0.15) is 6.04 Å². The van der Waals surface area contributed by atoms with Gasteiger partial charge in [-0.3, -0.25) is 4.98 Å². The lowest BCUT2D eigenvalue weighted by Crippen LogP contribution is -2.30. The summed E-state index contributed by atoms with van der Waals surface area (Å²) in [6.45, 7) is 7.34. The molecule has 0 amide bonds. The monoisotopic (exact) mass is 376 g/mol. The number of hydrogen-bond acceptors (Lipinski definition) is 2. The molecule has 1 aliphatic heterocycles. The van der Waals surface area contributed by atoms with Gasteiger partial charge in [-0.15, -0.1) is 0 Å². The summed E-state index contributed by atoms with van der Waals surface area (Å²) in [5.74, 6) is 0. The van der Waals surface area contributed by atoms with Crippen molar-refractivity contribution in [2.75, 3.05) is 4.90 Å². The van der Waals surface area contributed by atoms with E-state index in [0.717, 1.165) is 23.0 Å². The van der Waals surface area contributed by atoms with Gasteiger partial charge in [0, 0.05) is 30.3 Å². The second kappa shape index (κ2) is 7.16. The molecule has 5 heteroatoms. The molecule has 0 aliphatic carbocycles. The highest BCUT2D eigenvalue weighted by atomic mass is 32.1. The fourth-order valence-electron chi connectivity index (χ4n) is 4.01. The van der Waals surface area contributed by atoms with Gasteiger partial charge >= 0.3 is 0 Å². The molecular formula is C22H24N4S. The van der Waals surface area contributed by atoms with Crippen molar-refractivity contribution in [2.45, 2.75) is 39.4 Å². The maximum Gasteiger partial charge on any atom is 0.174 e. The Hall–Kier alpha value is -2.66. The van der Waals surface area contributed by atoms with E-state index in [1.165, 1.54) is 16.8 Å². The molecule has 1 aromatic carbocycles. The van der Waals surface area contributed by atoms with Crippen LogP contribution >= 0.6 is 12.2 Å². The summed E-state index contributed by atoms with van der Waals surface area (Å²) in [5.41, 5.74) is 5.83. The molecular weight excluding hydrogens is 352 g/mol. The van der Waals surface area contributed by atoms with Crippen LogP contribution in [0.5, 0.6) is 0 Å². The van der Waals surface area contributed by atoms with Crippen LogP contribution < -0.4 is 10.2 Å². The number of pyridine rings is 1. The van der Waals surface area contributed by atoms with Gasteiger partial charge < -0.3 is 14.8 Å². The van der Waals surface area contributed by atoms with Gasteiger partial charge in [0.05, 0.1) is 11.7 Å². The zero-order chi connectivity index (χ0) is 19.0. The van der Waals surface area contributed by atoms with E-state index in [9.17, 15) is 0 Å². The Morgan fingerprint density at radius 1 is 1.07 bits per heavy atom. The van der Waals surface area contributed by atoms with Crippen molar-refractivity contribution in [3.05, 3.63) is 83.4 Å². The lowest BCUT2D eigenvalue weighted by atomic mass is 10.00. The van der Waals surface area contributed by atoms with Crippen LogP contribution in [0.4, 0.5) is 5.69 Å². The third-order valence-corrected chi connectivity index (χ3v) is 5.41. The van der Waals surface area contributed by atoms with Crippen LogP contribution in [0.3, 0.4) is 0 Å². The van der Waals surface area contributed by atoms with E-state index in [1.807, 2.05) is 18.3 Å². The summed E-state index contributed by atoms with van der Waals surface area (Å²) in [5, 5.41) is 4.27. The average Bonchev–Trinajstić information content (AvgIpc) is 3.25. The molecule has 3 aromatic rings. The predicted octanol–water partition coefficient (Wildman–Crippen LogP) is 4.70. The number of nitrogens with zero attached hydrogens (tertiary/aromatic N) is 3.